The van der Waals surface area contributed by atoms with Crippen molar-refractivity contribution in [1.29, 1.82) is 0 Å². The number of fused-ring (bicyclic) bond motifs is 1. The molecule has 1 aromatic rings. The first-order valence-corrected chi connectivity index (χ1v) is 6.03. The van der Waals surface area contributed by atoms with E-state index >= 15 is 0 Å². The van der Waals surface area contributed by atoms with Crippen molar-refractivity contribution in [3.8, 4) is 5.75 Å². The van der Waals surface area contributed by atoms with Gasteiger partial charge in [0.25, 0.3) is 0 Å². The summed E-state index contributed by atoms with van der Waals surface area (Å²) < 4.78 is 5.53. The zero-order valence-electron chi connectivity index (χ0n) is 9.66. The van der Waals surface area contributed by atoms with Crippen molar-refractivity contribution in [1.82, 2.24) is 0 Å². The van der Waals surface area contributed by atoms with E-state index in [9.17, 15) is 4.79 Å². The number of carbonyl (C=O) groups excluding carboxylic acids is 1. The van der Waals surface area contributed by atoms with E-state index in [0.29, 0.717) is 0 Å². The molecule has 0 saturated heterocycles. The molecule has 1 fully saturated rings. The van der Waals surface area contributed by atoms with Gasteiger partial charge in [0.2, 0.25) is 5.91 Å². The topological polar surface area (TPSA) is 64.4 Å². The summed E-state index contributed by atoms with van der Waals surface area (Å²) in [7, 11) is 0. The molecule has 1 amide bonds. The molecule has 2 aliphatic rings. The number of nitrogens with one attached hydrogen (secondary N) is 1. The first-order valence-electron chi connectivity index (χ1n) is 6.03. The Morgan fingerprint density at radius 2 is 2.24 bits per heavy atom. The summed E-state index contributed by atoms with van der Waals surface area (Å²) in [6.45, 7) is 0.782. The van der Waals surface area contributed by atoms with Crippen LogP contribution in [0.3, 0.4) is 0 Å². The first kappa shape index (κ1) is 10.6. The largest absolute Gasteiger partial charge is 0.493 e. The maximum Gasteiger partial charge on any atom is 0.244 e. The molecule has 0 aromatic heterocycles. The molecular weight excluding hydrogens is 216 g/mol. The van der Waals surface area contributed by atoms with Crippen LogP contribution in [-0.2, 0) is 11.2 Å². The van der Waals surface area contributed by atoms with Crippen LogP contribution in [0, 0.1) is 0 Å². The van der Waals surface area contributed by atoms with E-state index in [2.05, 4.69) is 5.32 Å². The maximum absolute atomic E-state index is 11.8. The zero-order valence-corrected chi connectivity index (χ0v) is 9.66. The van der Waals surface area contributed by atoms with Gasteiger partial charge in [0.15, 0.2) is 0 Å². The highest BCUT2D eigenvalue weighted by Gasteiger charge is 2.45. The SMILES string of the molecule is NC1(C(=O)Nc2ccc3c(c2)CCCO3)CC1. The normalized spacial score (nSPS) is 20.1. The summed E-state index contributed by atoms with van der Waals surface area (Å²) in [6.07, 6.45) is 3.61. The first-order chi connectivity index (χ1) is 8.17. The standard InChI is InChI=1S/C13H16N2O2/c14-13(5-6-13)12(16)15-10-3-4-11-9(8-10)2-1-7-17-11/h3-4,8H,1-2,5-7,14H2,(H,15,16). The molecule has 3 rings (SSSR count). The van der Waals surface area contributed by atoms with E-state index in [4.69, 9.17) is 10.5 Å². The van der Waals surface area contributed by atoms with Crippen LogP contribution in [0.2, 0.25) is 0 Å². The molecule has 0 unspecified atom stereocenters. The van der Waals surface area contributed by atoms with Crippen molar-refractivity contribution in [3.05, 3.63) is 23.8 Å². The highest BCUT2D eigenvalue weighted by Crippen LogP contribution is 2.34. The van der Waals surface area contributed by atoms with Crippen LogP contribution in [0.1, 0.15) is 24.8 Å². The molecule has 1 saturated carbocycles. The fraction of sp³-hybridized carbons (Fsp3) is 0.462. The number of benzene rings is 1. The van der Waals surface area contributed by atoms with Gasteiger partial charge in [0.05, 0.1) is 12.1 Å². The second kappa shape index (κ2) is 3.74. The van der Waals surface area contributed by atoms with E-state index in [-0.39, 0.29) is 5.91 Å². The van der Waals surface area contributed by atoms with Crippen LogP contribution in [0.4, 0.5) is 5.69 Å². The van der Waals surface area contributed by atoms with Crippen LogP contribution < -0.4 is 15.8 Å². The molecule has 1 aliphatic heterocycles. The molecular formula is C13H16N2O2. The molecule has 0 bridgehead atoms. The highest BCUT2D eigenvalue weighted by atomic mass is 16.5. The minimum Gasteiger partial charge on any atom is -0.493 e. The Balaban J connectivity index is 1.77. The number of anilines is 1. The molecule has 1 aromatic carbocycles. The monoisotopic (exact) mass is 232 g/mol. The molecule has 90 valence electrons. The van der Waals surface area contributed by atoms with Gasteiger partial charge in [-0.15, -0.1) is 0 Å². The van der Waals surface area contributed by atoms with Gasteiger partial charge in [-0.1, -0.05) is 0 Å². The predicted octanol–water partition coefficient (Wildman–Crippen LogP) is 1.44. The smallest absolute Gasteiger partial charge is 0.244 e. The van der Waals surface area contributed by atoms with Gasteiger partial charge in [-0.05, 0) is 49.4 Å². The lowest BCUT2D eigenvalue weighted by atomic mass is 10.1. The van der Waals surface area contributed by atoms with Gasteiger partial charge in [-0.25, -0.2) is 0 Å². The van der Waals surface area contributed by atoms with Crippen molar-refractivity contribution in [2.75, 3.05) is 11.9 Å². The van der Waals surface area contributed by atoms with Gasteiger partial charge in [0, 0.05) is 5.69 Å². The van der Waals surface area contributed by atoms with E-state index in [1.807, 2.05) is 18.2 Å². The summed E-state index contributed by atoms with van der Waals surface area (Å²) >= 11 is 0. The van der Waals surface area contributed by atoms with Crippen LogP contribution in [0.15, 0.2) is 18.2 Å². The fourth-order valence-electron chi connectivity index (χ4n) is 2.06. The third-order valence-electron chi connectivity index (χ3n) is 3.41. The van der Waals surface area contributed by atoms with Crippen molar-refractivity contribution in [2.24, 2.45) is 5.73 Å². The van der Waals surface area contributed by atoms with Crippen LogP contribution in [0.25, 0.3) is 0 Å². The Morgan fingerprint density at radius 3 is 3.00 bits per heavy atom. The maximum atomic E-state index is 11.8. The third kappa shape index (κ3) is 2.00. The lowest BCUT2D eigenvalue weighted by Crippen LogP contribution is -2.37. The molecule has 0 atom stereocenters. The Hall–Kier alpha value is -1.55. The number of hydrogen-bond donors (Lipinski definition) is 2. The molecule has 3 N–H and O–H groups in total. The molecule has 1 aliphatic carbocycles. The van der Waals surface area contributed by atoms with Crippen molar-refractivity contribution in [2.45, 2.75) is 31.2 Å². The molecule has 4 heteroatoms. The molecule has 0 spiro atoms. The van der Waals surface area contributed by atoms with Crippen LogP contribution in [-0.4, -0.2) is 18.1 Å². The summed E-state index contributed by atoms with van der Waals surface area (Å²) in [5, 5.41) is 2.87. The molecule has 1 heterocycles. The fourth-order valence-corrected chi connectivity index (χ4v) is 2.06. The van der Waals surface area contributed by atoms with Crippen molar-refractivity contribution >= 4 is 11.6 Å². The van der Waals surface area contributed by atoms with E-state index in [1.165, 1.54) is 0 Å². The van der Waals surface area contributed by atoms with Gasteiger partial charge in [0.1, 0.15) is 5.75 Å². The van der Waals surface area contributed by atoms with Crippen molar-refractivity contribution in [3.63, 3.8) is 0 Å². The number of nitrogens with two attached hydrogens (primary N) is 1. The number of carbonyl (C=O) groups is 1. The molecule has 0 radical (unpaired) electrons. The minimum atomic E-state index is -0.619. The van der Waals surface area contributed by atoms with Crippen LogP contribution >= 0.6 is 0 Å². The highest BCUT2D eigenvalue weighted by molar-refractivity contribution is 6.00. The number of aryl methyl sites for hydroxylation is 1. The van der Waals surface area contributed by atoms with Gasteiger partial charge in [-0.2, -0.15) is 0 Å². The van der Waals surface area contributed by atoms with E-state index in [1.54, 1.807) is 0 Å². The third-order valence-corrected chi connectivity index (χ3v) is 3.41. The number of ether oxygens (including phenoxy) is 1. The molecule has 17 heavy (non-hydrogen) atoms. The van der Waals surface area contributed by atoms with Crippen molar-refractivity contribution < 1.29 is 9.53 Å². The number of amides is 1. The van der Waals surface area contributed by atoms with Gasteiger partial charge in [-0.3, -0.25) is 4.79 Å². The van der Waals surface area contributed by atoms with Gasteiger partial charge >= 0.3 is 0 Å². The lowest BCUT2D eigenvalue weighted by Gasteiger charge is -2.18. The Kier molecular flexibility index (Phi) is 2.33. The number of hydrogen-bond acceptors (Lipinski definition) is 3. The zero-order chi connectivity index (χ0) is 11.9. The Bertz CT molecular complexity index is 466. The second-order valence-electron chi connectivity index (χ2n) is 4.88. The van der Waals surface area contributed by atoms with E-state index < -0.39 is 5.54 Å². The Labute approximate surface area is 100 Å². The summed E-state index contributed by atoms with van der Waals surface area (Å²) in [6, 6.07) is 5.77. The second-order valence-corrected chi connectivity index (χ2v) is 4.88. The lowest BCUT2D eigenvalue weighted by molar-refractivity contribution is -0.118. The average Bonchev–Trinajstić information content (AvgIpc) is 3.09. The average molecular weight is 232 g/mol. The summed E-state index contributed by atoms with van der Waals surface area (Å²) in [4.78, 5) is 11.8. The summed E-state index contributed by atoms with van der Waals surface area (Å²) in [5.74, 6) is 0.859. The minimum absolute atomic E-state index is 0.0748. The van der Waals surface area contributed by atoms with Gasteiger partial charge < -0.3 is 15.8 Å². The quantitative estimate of drug-likeness (QED) is 0.811. The molecule has 4 nitrogen and oxygen atoms in total. The number of rotatable bonds is 2. The Morgan fingerprint density at radius 1 is 1.41 bits per heavy atom. The van der Waals surface area contributed by atoms with Crippen LogP contribution in [0.5, 0.6) is 5.75 Å². The predicted molar refractivity (Wildman–Crippen MR) is 65.0 cm³/mol. The summed E-state index contributed by atoms with van der Waals surface area (Å²) in [5.41, 5.74) is 7.20. The van der Waals surface area contributed by atoms with E-state index in [0.717, 1.165) is 49.3 Å².